The highest BCUT2D eigenvalue weighted by Gasteiger charge is 2.46. The zero-order valence-electron chi connectivity index (χ0n) is 30.2. The molecule has 7 aromatic carbocycles. The predicted molar refractivity (Wildman–Crippen MR) is 222 cm³/mol. The molecule has 0 fully saturated rings. The summed E-state index contributed by atoms with van der Waals surface area (Å²) in [6.45, 7) is 7.31. The summed E-state index contributed by atoms with van der Waals surface area (Å²) in [5, 5.41) is 1.47. The van der Waals surface area contributed by atoms with Crippen molar-refractivity contribution < 1.29 is 0 Å². The molecule has 0 N–H and O–H groups in total. The topological polar surface area (TPSA) is 38.7 Å². The van der Waals surface area contributed by atoms with Crippen molar-refractivity contribution in [3.8, 4) is 56.4 Å². The van der Waals surface area contributed by atoms with E-state index in [1.54, 1.807) is 0 Å². The van der Waals surface area contributed by atoms with Gasteiger partial charge in [0.2, 0.25) is 0 Å². The van der Waals surface area contributed by atoms with Crippen LogP contribution in [0.2, 0.25) is 19.6 Å². The Morgan fingerprint density at radius 3 is 1.38 bits per heavy atom. The third kappa shape index (κ3) is 5.72. The molecule has 1 aromatic heterocycles. The van der Waals surface area contributed by atoms with Crippen molar-refractivity contribution in [2.24, 2.45) is 0 Å². The molecular formula is C49H39N3Si. The molecule has 0 radical (unpaired) electrons. The highest BCUT2D eigenvalue weighted by atomic mass is 28.3. The molecule has 254 valence electrons. The largest absolute Gasteiger partial charge is 0.208 e. The first-order valence-electron chi connectivity index (χ1n) is 18.3. The maximum absolute atomic E-state index is 5.02. The molecule has 9 rings (SSSR count). The molecule has 0 unspecified atom stereocenters. The SMILES string of the molecule is C[Si](C)(C)c1ccc2c(c1)C(c1ccccc1)(c1ccccc1)c1ccc(-c3cccc(-c4nc(-c5ccccc5)nc(-c5ccccc5)n4)c3)cc1-2. The number of benzene rings is 7. The normalized spacial score (nSPS) is 13.0. The summed E-state index contributed by atoms with van der Waals surface area (Å²) in [7, 11) is -1.61. The zero-order chi connectivity index (χ0) is 36.0. The Bertz CT molecular complexity index is 2480. The van der Waals surface area contributed by atoms with Gasteiger partial charge in [0.25, 0.3) is 0 Å². The summed E-state index contributed by atoms with van der Waals surface area (Å²) >= 11 is 0. The van der Waals surface area contributed by atoms with E-state index in [4.69, 9.17) is 15.0 Å². The van der Waals surface area contributed by atoms with E-state index in [1.807, 2.05) is 60.7 Å². The summed E-state index contributed by atoms with van der Waals surface area (Å²) in [5.74, 6) is 1.96. The van der Waals surface area contributed by atoms with Gasteiger partial charge >= 0.3 is 0 Å². The Balaban J connectivity index is 1.22. The molecule has 0 spiro atoms. The monoisotopic (exact) mass is 697 g/mol. The van der Waals surface area contributed by atoms with Gasteiger partial charge in [-0.3, -0.25) is 0 Å². The van der Waals surface area contributed by atoms with Crippen LogP contribution >= 0.6 is 0 Å². The number of rotatable bonds is 7. The number of aromatic nitrogens is 3. The number of nitrogens with zero attached hydrogens (tertiary/aromatic N) is 3. The quantitative estimate of drug-likeness (QED) is 0.156. The van der Waals surface area contributed by atoms with Crippen LogP contribution in [0.4, 0.5) is 0 Å². The average molecular weight is 698 g/mol. The first-order chi connectivity index (χ1) is 25.9. The Kier molecular flexibility index (Phi) is 8.05. The van der Waals surface area contributed by atoms with Crippen molar-refractivity contribution >= 4 is 13.3 Å². The van der Waals surface area contributed by atoms with Crippen LogP contribution in [-0.2, 0) is 5.41 Å². The van der Waals surface area contributed by atoms with E-state index in [0.29, 0.717) is 17.5 Å². The molecule has 0 saturated carbocycles. The molecule has 1 aliphatic rings. The van der Waals surface area contributed by atoms with Crippen LogP contribution in [0.25, 0.3) is 56.4 Å². The summed E-state index contributed by atoms with van der Waals surface area (Å²) in [5.41, 5.74) is 12.5. The molecule has 0 saturated heterocycles. The van der Waals surface area contributed by atoms with E-state index in [2.05, 4.69) is 141 Å². The van der Waals surface area contributed by atoms with Crippen LogP contribution < -0.4 is 5.19 Å². The standard InChI is InChI=1S/C49H39N3Si/c1-53(2,3)41-28-29-42-43-32-37(27-30-44(43)49(45(42)33-41,39-23-12-6-13-24-39)40-25-14-7-15-26-40)36-21-16-22-38(31-36)48-51-46(34-17-8-4-9-18-34)50-47(52-48)35-19-10-5-11-20-35/h4-33H,1-3H3. The smallest absolute Gasteiger partial charge is 0.164 e. The fraction of sp³-hybridized carbons (Fsp3) is 0.0816. The second-order valence-corrected chi connectivity index (χ2v) is 19.9. The first kappa shape index (κ1) is 32.7. The molecular weight excluding hydrogens is 659 g/mol. The molecule has 1 heterocycles. The first-order valence-corrected chi connectivity index (χ1v) is 21.8. The molecule has 0 bridgehead atoms. The molecule has 53 heavy (non-hydrogen) atoms. The van der Waals surface area contributed by atoms with Crippen molar-refractivity contribution in [2.75, 3.05) is 0 Å². The van der Waals surface area contributed by atoms with Crippen LogP contribution in [-0.4, -0.2) is 23.0 Å². The lowest BCUT2D eigenvalue weighted by Gasteiger charge is -2.34. The Labute approximate surface area is 312 Å². The van der Waals surface area contributed by atoms with Gasteiger partial charge in [-0.15, -0.1) is 0 Å². The highest BCUT2D eigenvalue weighted by Crippen LogP contribution is 2.56. The molecule has 0 aliphatic heterocycles. The maximum atomic E-state index is 5.02. The Hall–Kier alpha value is -6.23. The Morgan fingerprint density at radius 1 is 0.358 bits per heavy atom. The highest BCUT2D eigenvalue weighted by molar-refractivity contribution is 6.88. The van der Waals surface area contributed by atoms with Gasteiger partial charge in [-0.2, -0.15) is 0 Å². The molecule has 0 atom stereocenters. The van der Waals surface area contributed by atoms with E-state index in [9.17, 15) is 0 Å². The Morgan fingerprint density at radius 2 is 0.830 bits per heavy atom. The van der Waals surface area contributed by atoms with Crippen molar-refractivity contribution in [1.29, 1.82) is 0 Å². The number of fused-ring (bicyclic) bond motifs is 3. The van der Waals surface area contributed by atoms with E-state index < -0.39 is 13.5 Å². The number of hydrogen-bond donors (Lipinski definition) is 0. The van der Waals surface area contributed by atoms with E-state index >= 15 is 0 Å². The number of hydrogen-bond acceptors (Lipinski definition) is 3. The van der Waals surface area contributed by atoms with Gasteiger partial charge in [-0.25, -0.2) is 15.0 Å². The molecule has 1 aliphatic carbocycles. The van der Waals surface area contributed by atoms with Crippen molar-refractivity contribution in [3.63, 3.8) is 0 Å². The zero-order valence-corrected chi connectivity index (χ0v) is 31.2. The second-order valence-electron chi connectivity index (χ2n) is 14.9. The lowest BCUT2D eigenvalue weighted by atomic mass is 9.67. The molecule has 4 heteroatoms. The second kappa shape index (κ2) is 13.1. The van der Waals surface area contributed by atoms with Gasteiger partial charge in [0.15, 0.2) is 17.5 Å². The predicted octanol–water partition coefficient (Wildman–Crippen LogP) is 11.4. The minimum Gasteiger partial charge on any atom is -0.208 e. The van der Waals surface area contributed by atoms with Crippen LogP contribution in [0.1, 0.15) is 22.3 Å². The van der Waals surface area contributed by atoms with Crippen LogP contribution in [0.5, 0.6) is 0 Å². The van der Waals surface area contributed by atoms with E-state index in [1.165, 1.54) is 38.6 Å². The minimum absolute atomic E-state index is 0.435. The summed E-state index contributed by atoms with van der Waals surface area (Å²) in [6.07, 6.45) is 0. The van der Waals surface area contributed by atoms with Crippen LogP contribution in [0.3, 0.4) is 0 Å². The fourth-order valence-electron chi connectivity index (χ4n) is 7.92. The van der Waals surface area contributed by atoms with Gasteiger partial charge < -0.3 is 0 Å². The van der Waals surface area contributed by atoms with Crippen molar-refractivity contribution in [2.45, 2.75) is 25.1 Å². The lowest BCUT2D eigenvalue weighted by molar-refractivity contribution is 0.769. The maximum Gasteiger partial charge on any atom is 0.164 e. The van der Waals surface area contributed by atoms with E-state index in [0.717, 1.165) is 27.8 Å². The van der Waals surface area contributed by atoms with Gasteiger partial charge in [-0.1, -0.05) is 195 Å². The summed E-state index contributed by atoms with van der Waals surface area (Å²) in [4.78, 5) is 14.9. The van der Waals surface area contributed by atoms with Crippen LogP contribution in [0, 0.1) is 0 Å². The average Bonchev–Trinajstić information content (AvgIpc) is 3.51. The molecule has 3 nitrogen and oxygen atoms in total. The lowest BCUT2D eigenvalue weighted by Crippen LogP contribution is -2.39. The van der Waals surface area contributed by atoms with E-state index in [-0.39, 0.29) is 0 Å². The minimum atomic E-state index is -1.61. The van der Waals surface area contributed by atoms with Gasteiger partial charge in [-0.05, 0) is 56.6 Å². The van der Waals surface area contributed by atoms with Gasteiger partial charge in [0.05, 0.1) is 13.5 Å². The van der Waals surface area contributed by atoms with Crippen LogP contribution in [0.15, 0.2) is 182 Å². The fourth-order valence-corrected chi connectivity index (χ4v) is 9.08. The van der Waals surface area contributed by atoms with Crippen molar-refractivity contribution in [1.82, 2.24) is 15.0 Å². The van der Waals surface area contributed by atoms with Gasteiger partial charge in [0.1, 0.15) is 0 Å². The third-order valence-electron chi connectivity index (χ3n) is 10.6. The third-order valence-corrected chi connectivity index (χ3v) is 12.6. The molecule has 8 aromatic rings. The summed E-state index contributed by atoms with van der Waals surface area (Å²) in [6, 6.07) is 65.4. The van der Waals surface area contributed by atoms with Crippen molar-refractivity contribution in [3.05, 3.63) is 204 Å². The van der Waals surface area contributed by atoms with Gasteiger partial charge in [0, 0.05) is 16.7 Å². The summed E-state index contributed by atoms with van der Waals surface area (Å²) < 4.78 is 0. The molecule has 0 amide bonds.